The maximum absolute atomic E-state index is 13.8. The van der Waals surface area contributed by atoms with Crippen LogP contribution in [0.1, 0.15) is 36.1 Å². The third kappa shape index (κ3) is 2.77. The molecule has 2 heterocycles. The van der Waals surface area contributed by atoms with E-state index in [-0.39, 0.29) is 11.7 Å². The number of para-hydroxylation sites is 1. The summed E-state index contributed by atoms with van der Waals surface area (Å²) >= 11 is 5.50. The highest BCUT2D eigenvalue weighted by Crippen LogP contribution is 2.50. The molecule has 0 radical (unpaired) electrons. The first-order chi connectivity index (χ1) is 14.3. The van der Waals surface area contributed by atoms with Crippen LogP contribution in [0.15, 0.2) is 36.5 Å². The molecule has 1 aromatic carbocycles. The van der Waals surface area contributed by atoms with Crippen molar-refractivity contribution in [2.75, 3.05) is 9.80 Å². The first-order valence-electron chi connectivity index (χ1n) is 9.10. The zero-order chi connectivity index (χ0) is 21.7. The molecule has 1 aliphatic heterocycles. The molecule has 1 aliphatic carbocycles. The van der Waals surface area contributed by atoms with Crippen molar-refractivity contribution < 1.29 is 23.1 Å². The topological polar surface area (TPSA) is 80.5 Å². The Labute approximate surface area is 175 Å². The molecule has 1 spiro atoms. The van der Waals surface area contributed by atoms with Gasteiger partial charge in [-0.1, -0.05) is 18.2 Å². The molecule has 154 valence electrons. The van der Waals surface area contributed by atoms with Gasteiger partial charge >= 0.3 is 6.18 Å². The van der Waals surface area contributed by atoms with E-state index in [2.05, 4.69) is 4.98 Å². The number of carbonyl (C=O) groups excluding carboxylic acids is 1. The van der Waals surface area contributed by atoms with Gasteiger partial charge in [0.05, 0.1) is 12.3 Å². The number of amides is 1. The van der Waals surface area contributed by atoms with Gasteiger partial charge in [-0.3, -0.25) is 9.69 Å². The van der Waals surface area contributed by atoms with Crippen molar-refractivity contribution in [3.05, 3.63) is 53.3 Å². The number of halogens is 3. The number of anilines is 2. The van der Waals surface area contributed by atoms with Crippen LogP contribution in [0, 0.1) is 11.3 Å². The minimum absolute atomic E-state index is 0.124. The van der Waals surface area contributed by atoms with Gasteiger partial charge in [0.1, 0.15) is 17.2 Å². The summed E-state index contributed by atoms with van der Waals surface area (Å²) in [6, 6.07) is 9.25. The number of aliphatic hydroxyl groups excluding tert-OH is 1. The van der Waals surface area contributed by atoms with Gasteiger partial charge < -0.3 is 10.0 Å². The summed E-state index contributed by atoms with van der Waals surface area (Å²) < 4.78 is 41.4. The van der Waals surface area contributed by atoms with E-state index in [9.17, 15) is 23.1 Å². The van der Waals surface area contributed by atoms with Gasteiger partial charge in [-0.15, -0.1) is 0 Å². The summed E-state index contributed by atoms with van der Waals surface area (Å²) in [6.07, 6.45) is -2.31. The van der Waals surface area contributed by atoms with Crippen LogP contribution in [0.4, 0.5) is 24.5 Å². The molecular weight excluding hydrogens is 417 g/mol. The van der Waals surface area contributed by atoms with E-state index in [0.29, 0.717) is 30.5 Å². The normalized spacial score (nSPS) is 18.0. The highest BCUT2D eigenvalue weighted by Gasteiger charge is 2.60. The first-order valence-corrected chi connectivity index (χ1v) is 9.51. The van der Waals surface area contributed by atoms with Gasteiger partial charge in [0.2, 0.25) is 0 Å². The standard InChI is InChI=1S/C20H15F3N4O2S/c21-20(22,23)16-13(10-24)25-9-6-15(16)26-17(29)19(7-3-8-19)27(18(26)30)14-5-2-1-4-12(14)11-28/h1-2,4-6,9,28H,3,7-8,11H2. The molecule has 6 nitrogen and oxygen atoms in total. The number of thiocarbonyl (C=S) groups is 1. The number of pyridine rings is 1. The van der Waals surface area contributed by atoms with E-state index in [1.54, 1.807) is 29.2 Å². The summed E-state index contributed by atoms with van der Waals surface area (Å²) in [5.41, 5.74) is -2.77. The molecule has 0 atom stereocenters. The molecule has 1 saturated heterocycles. The SMILES string of the molecule is N#Cc1nccc(N2C(=O)C3(CCC3)N(c3ccccc3CO)C2=S)c1C(F)(F)F. The fourth-order valence-electron chi connectivity index (χ4n) is 4.03. The van der Waals surface area contributed by atoms with E-state index in [0.717, 1.165) is 17.2 Å². The Morgan fingerprint density at radius 2 is 1.93 bits per heavy atom. The maximum Gasteiger partial charge on any atom is 0.421 e. The maximum atomic E-state index is 13.8. The number of aliphatic hydroxyl groups is 1. The summed E-state index contributed by atoms with van der Waals surface area (Å²) in [4.78, 5) is 19.4. The minimum atomic E-state index is -4.91. The predicted octanol–water partition coefficient (Wildman–Crippen LogP) is 3.53. The van der Waals surface area contributed by atoms with Crippen molar-refractivity contribution in [1.82, 2.24) is 4.98 Å². The number of benzene rings is 1. The van der Waals surface area contributed by atoms with Crippen LogP contribution in [0.3, 0.4) is 0 Å². The number of hydrogen-bond donors (Lipinski definition) is 1. The van der Waals surface area contributed by atoms with Crippen molar-refractivity contribution in [1.29, 1.82) is 5.26 Å². The number of alkyl halides is 3. The molecule has 0 unspecified atom stereocenters. The number of nitriles is 1. The molecule has 0 bridgehead atoms. The van der Waals surface area contributed by atoms with Crippen molar-refractivity contribution in [3.63, 3.8) is 0 Å². The van der Waals surface area contributed by atoms with E-state index in [4.69, 9.17) is 17.5 Å². The van der Waals surface area contributed by atoms with Crippen LogP contribution in [0.25, 0.3) is 0 Å². The highest BCUT2D eigenvalue weighted by molar-refractivity contribution is 7.81. The van der Waals surface area contributed by atoms with E-state index >= 15 is 0 Å². The average molecular weight is 432 g/mol. The van der Waals surface area contributed by atoms with Crippen LogP contribution in [0.5, 0.6) is 0 Å². The predicted molar refractivity (Wildman–Crippen MR) is 105 cm³/mol. The Balaban J connectivity index is 1.92. The summed E-state index contributed by atoms with van der Waals surface area (Å²) in [7, 11) is 0. The van der Waals surface area contributed by atoms with Gasteiger partial charge in [0.25, 0.3) is 5.91 Å². The number of aromatic nitrogens is 1. The highest BCUT2D eigenvalue weighted by atomic mass is 32.1. The quantitative estimate of drug-likeness (QED) is 0.748. The van der Waals surface area contributed by atoms with Crippen LogP contribution in [-0.2, 0) is 17.6 Å². The van der Waals surface area contributed by atoms with Crippen LogP contribution < -0.4 is 9.80 Å². The lowest BCUT2D eigenvalue weighted by molar-refractivity contribution is -0.137. The second-order valence-electron chi connectivity index (χ2n) is 7.09. The zero-order valence-electron chi connectivity index (χ0n) is 15.5. The third-order valence-electron chi connectivity index (χ3n) is 5.55. The van der Waals surface area contributed by atoms with E-state index < -0.39 is 34.6 Å². The Bertz CT molecular complexity index is 1090. The van der Waals surface area contributed by atoms with Crippen molar-refractivity contribution >= 4 is 34.6 Å². The van der Waals surface area contributed by atoms with Gasteiger partial charge in [-0.05, 0) is 43.6 Å². The van der Waals surface area contributed by atoms with Crippen LogP contribution in [0.2, 0.25) is 0 Å². The smallest absolute Gasteiger partial charge is 0.392 e. The van der Waals surface area contributed by atoms with E-state index in [1.807, 2.05) is 0 Å². The minimum Gasteiger partial charge on any atom is -0.392 e. The Morgan fingerprint density at radius 3 is 2.50 bits per heavy atom. The number of carbonyl (C=O) groups is 1. The van der Waals surface area contributed by atoms with Gasteiger partial charge in [-0.2, -0.15) is 18.4 Å². The largest absolute Gasteiger partial charge is 0.421 e. The number of hydrogen-bond acceptors (Lipinski definition) is 5. The Morgan fingerprint density at radius 1 is 1.23 bits per heavy atom. The van der Waals surface area contributed by atoms with Gasteiger partial charge in [0, 0.05) is 17.4 Å². The Kier molecular flexibility index (Phi) is 4.75. The lowest BCUT2D eigenvalue weighted by Gasteiger charge is -2.43. The molecule has 4 rings (SSSR count). The first kappa shape index (κ1) is 20.3. The van der Waals surface area contributed by atoms with Gasteiger partial charge in [0.15, 0.2) is 10.8 Å². The molecule has 1 N–H and O–H groups in total. The van der Waals surface area contributed by atoms with Crippen molar-refractivity contribution in [2.24, 2.45) is 0 Å². The Hall–Kier alpha value is -3.03. The fourth-order valence-corrected chi connectivity index (χ4v) is 4.49. The summed E-state index contributed by atoms with van der Waals surface area (Å²) in [5.74, 6) is -0.577. The summed E-state index contributed by atoms with van der Waals surface area (Å²) in [6.45, 7) is -0.318. The second-order valence-corrected chi connectivity index (χ2v) is 7.46. The lowest BCUT2D eigenvalue weighted by Crippen LogP contribution is -2.55. The summed E-state index contributed by atoms with van der Waals surface area (Å²) in [5, 5.41) is 18.8. The molecule has 1 amide bonds. The molecule has 30 heavy (non-hydrogen) atoms. The molecule has 1 saturated carbocycles. The monoisotopic (exact) mass is 432 g/mol. The fraction of sp³-hybridized carbons (Fsp3) is 0.300. The van der Waals surface area contributed by atoms with E-state index in [1.165, 1.54) is 6.07 Å². The molecule has 2 fully saturated rings. The number of nitrogens with zero attached hydrogens (tertiary/aromatic N) is 4. The van der Waals surface area contributed by atoms with Gasteiger partial charge in [-0.25, -0.2) is 4.98 Å². The number of rotatable bonds is 3. The molecule has 2 aromatic rings. The molecule has 10 heteroatoms. The van der Waals surface area contributed by atoms with Crippen LogP contribution >= 0.6 is 12.2 Å². The molecule has 2 aliphatic rings. The molecule has 1 aromatic heterocycles. The van der Waals surface area contributed by atoms with Crippen molar-refractivity contribution in [3.8, 4) is 6.07 Å². The molecular formula is C20H15F3N4O2S. The van der Waals surface area contributed by atoms with Crippen molar-refractivity contribution in [2.45, 2.75) is 37.6 Å². The lowest BCUT2D eigenvalue weighted by atomic mass is 9.75. The average Bonchev–Trinajstić information content (AvgIpc) is 2.93. The van der Waals surface area contributed by atoms with Crippen LogP contribution in [-0.4, -0.2) is 26.6 Å². The second kappa shape index (κ2) is 7.04. The zero-order valence-corrected chi connectivity index (χ0v) is 16.3. The third-order valence-corrected chi connectivity index (χ3v) is 5.92.